The van der Waals surface area contributed by atoms with E-state index >= 15 is 0 Å². The van der Waals surface area contributed by atoms with Crippen LogP contribution in [0.1, 0.15) is 63.2 Å². The third kappa shape index (κ3) is 5.59. The highest BCUT2D eigenvalue weighted by Gasteiger charge is 2.24. The minimum atomic E-state index is -0.527. The lowest BCUT2D eigenvalue weighted by Gasteiger charge is -2.38. The minimum absolute atomic E-state index is 0.0229. The van der Waals surface area contributed by atoms with Gasteiger partial charge in [-0.25, -0.2) is 4.79 Å². The number of nitrogens with one attached hydrogen (secondary N) is 1. The lowest BCUT2D eigenvalue weighted by molar-refractivity contribution is -0.112. The van der Waals surface area contributed by atoms with Crippen LogP contribution in [0.2, 0.25) is 0 Å². The van der Waals surface area contributed by atoms with Gasteiger partial charge in [0.05, 0.1) is 17.9 Å². The highest BCUT2D eigenvalue weighted by atomic mass is 16.5. The lowest BCUT2D eigenvalue weighted by atomic mass is 9.98. The van der Waals surface area contributed by atoms with E-state index in [1.165, 1.54) is 0 Å². The zero-order valence-electron chi connectivity index (χ0n) is 16.9. The standard InChI is InChI=1S/C22H29N3O3/c1-4-5-13-28-22(27)19-11-6-7-12-20(19)24-21(26)18(14-23)15-25-16(2)9-8-10-17(25)3/h6-7,11-12,15-17H,4-5,8-10,13H2,1-3H3,(H,24,26)/b18-15-. The number of piperidine rings is 1. The summed E-state index contributed by atoms with van der Waals surface area (Å²) in [6, 6.07) is 9.23. The fraction of sp³-hybridized carbons (Fsp3) is 0.500. The zero-order chi connectivity index (χ0) is 20.5. The molecule has 1 heterocycles. The molecule has 2 rings (SSSR count). The Morgan fingerprint density at radius 3 is 2.61 bits per heavy atom. The molecule has 28 heavy (non-hydrogen) atoms. The Bertz CT molecular complexity index is 757. The van der Waals surface area contributed by atoms with Gasteiger partial charge in [-0.2, -0.15) is 5.26 Å². The maximum atomic E-state index is 12.7. The van der Waals surface area contributed by atoms with Crippen molar-refractivity contribution in [2.75, 3.05) is 11.9 Å². The van der Waals surface area contributed by atoms with Gasteiger partial charge in [-0.1, -0.05) is 25.5 Å². The van der Waals surface area contributed by atoms with Crippen molar-refractivity contribution >= 4 is 17.6 Å². The van der Waals surface area contributed by atoms with Gasteiger partial charge >= 0.3 is 5.97 Å². The molecule has 0 radical (unpaired) electrons. The van der Waals surface area contributed by atoms with Crippen molar-refractivity contribution in [1.29, 1.82) is 5.26 Å². The summed E-state index contributed by atoms with van der Waals surface area (Å²) >= 11 is 0. The van der Waals surface area contributed by atoms with Gasteiger partial charge in [-0.05, 0) is 51.7 Å². The number of amides is 1. The van der Waals surface area contributed by atoms with E-state index in [2.05, 4.69) is 24.1 Å². The van der Waals surface area contributed by atoms with Gasteiger partial charge in [0.1, 0.15) is 11.6 Å². The van der Waals surface area contributed by atoms with Gasteiger partial charge in [-0.15, -0.1) is 0 Å². The van der Waals surface area contributed by atoms with Crippen molar-refractivity contribution in [3.8, 4) is 6.07 Å². The van der Waals surface area contributed by atoms with E-state index in [0.717, 1.165) is 32.1 Å². The molecule has 1 aliphatic rings. The van der Waals surface area contributed by atoms with E-state index in [4.69, 9.17) is 4.74 Å². The summed E-state index contributed by atoms with van der Waals surface area (Å²) < 4.78 is 5.25. The number of ether oxygens (including phenoxy) is 1. The number of para-hydroxylation sites is 1. The molecule has 2 unspecified atom stereocenters. The molecule has 1 saturated heterocycles. The molecular weight excluding hydrogens is 354 g/mol. The Labute approximate surface area is 167 Å². The topological polar surface area (TPSA) is 82.4 Å². The van der Waals surface area contributed by atoms with Crippen LogP contribution in [0.25, 0.3) is 0 Å². The fourth-order valence-electron chi connectivity index (χ4n) is 3.33. The highest BCUT2D eigenvalue weighted by molar-refractivity contribution is 6.09. The summed E-state index contributed by atoms with van der Waals surface area (Å²) in [7, 11) is 0. The van der Waals surface area contributed by atoms with E-state index in [1.54, 1.807) is 30.5 Å². The third-order valence-electron chi connectivity index (χ3n) is 5.03. The predicted octanol–water partition coefficient (Wildman–Crippen LogP) is 4.25. The molecule has 6 nitrogen and oxygen atoms in total. The van der Waals surface area contributed by atoms with E-state index in [0.29, 0.717) is 12.3 Å². The van der Waals surface area contributed by atoms with Gasteiger partial charge in [0, 0.05) is 18.3 Å². The smallest absolute Gasteiger partial charge is 0.340 e. The molecule has 1 amide bonds. The van der Waals surface area contributed by atoms with Crippen LogP contribution in [0.5, 0.6) is 0 Å². The molecule has 0 aromatic heterocycles. The van der Waals surface area contributed by atoms with Crippen LogP contribution >= 0.6 is 0 Å². The van der Waals surface area contributed by atoms with Crippen molar-refractivity contribution in [1.82, 2.24) is 4.90 Å². The maximum Gasteiger partial charge on any atom is 0.340 e. The van der Waals surface area contributed by atoms with E-state index in [9.17, 15) is 14.9 Å². The number of hydrogen-bond donors (Lipinski definition) is 1. The van der Waals surface area contributed by atoms with Gasteiger partial charge in [0.25, 0.3) is 5.91 Å². The summed E-state index contributed by atoms with van der Waals surface area (Å²) in [6.07, 6.45) is 6.57. The first-order valence-corrected chi connectivity index (χ1v) is 9.94. The Kier molecular flexibility index (Phi) is 8.06. The first kappa shape index (κ1) is 21.5. The lowest BCUT2D eigenvalue weighted by Crippen LogP contribution is -2.40. The number of hydrogen-bond acceptors (Lipinski definition) is 5. The number of unbranched alkanes of at least 4 members (excludes halogenated alkanes) is 1. The molecule has 1 fully saturated rings. The second kappa shape index (κ2) is 10.5. The maximum absolute atomic E-state index is 12.7. The number of likely N-dealkylation sites (tertiary alicyclic amines) is 1. The fourth-order valence-corrected chi connectivity index (χ4v) is 3.33. The molecule has 6 heteroatoms. The summed E-state index contributed by atoms with van der Waals surface area (Å²) in [5.74, 6) is -1.01. The molecule has 2 atom stereocenters. The quantitative estimate of drug-likeness (QED) is 0.329. The molecule has 1 aromatic carbocycles. The van der Waals surface area contributed by atoms with Crippen LogP contribution in [0.15, 0.2) is 36.0 Å². The van der Waals surface area contributed by atoms with Crippen molar-refractivity contribution < 1.29 is 14.3 Å². The van der Waals surface area contributed by atoms with Crippen molar-refractivity contribution in [2.45, 2.75) is 65.0 Å². The van der Waals surface area contributed by atoms with Gasteiger partial charge in [0.2, 0.25) is 0 Å². The number of benzene rings is 1. The molecule has 1 N–H and O–H groups in total. The zero-order valence-corrected chi connectivity index (χ0v) is 16.9. The van der Waals surface area contributed by atoms with Crippen LogP contribution in [0.3, 0.4) is 0 Å². The Hall–Kier alpha value is -2.81. The van der Waals surface area contributed by atoms with E-state index in [-0.39, 0.29) is 23.2 Å². The largest absolute Gasteiger partial charge is 0.462 e. The van der Waals surface area contributed by atoms with Crippen molar-refractivity contribution in [3.05, 3.63) is 41.6 Å². The SMILES string of the molecule is CCCCOC(=O)c1ccccc1NC(=O)/C(C#N)=C\N1C(C)CCCC1C. The van der Waals surface area contributed by atoms with E-state index in [1.807, 2.05) is 13.0 Å². The Morgan fingerprint density at radius 1 is 1.29 bits per heavy atom. The van der Waals surface area contributed by atoms with Gasteiger partial charge < -0.3 is 15.0 Å². The summed E-state index contributed by atoms with van der Waals surface area (Å²) in [5, 5.41) is 12.2. The van der Waals surface area contributed by atoms with Gasteiger partial charge in [0.15, 0.2) is 0 Å². The molecule has 0 saturated carbocycles. The molecule has 150 valence electrons. The predicted molar refractivity (Wildman–Crippen MR) is 109 cm³/mol. The molecular formula is C22H29N3O3. The summed E-state index contributed by atoms with van der Waals surface area (Å²) in [5.41, 5.74) is 0.647. The second-order valence-electron chi connectivity index (χ2n) is 7.22. The Morgan fingerprint density at radius 2 is 1.96 bits per heavy atom. The number of rotatable bonds is 7. The molecule has 1 aromatic rings. The third-order valence-corrected chi connectivity index (χ3v) is 5.03. The van der Waals surface area contributed by atoms with Crippen molar-refractivity contribution in [3.63, 3.8) is 0 Å². The number of esters is 1. The number of carbonyl (C=O) groups is 2. The minimum Gasteiger partial charge on any atom is -0.462 e. The highest BCUT2D eigenvalue weighted by Crippen LogP contribution is 2.24. The molecule has 0 aliphatic carbocycles. The second-order valence-corrected chi connectivity index (χ2v) is 7.22. The summed E-state index contributed by atoms with van der Waals surface area (Å²) in [4.78, 5) is 27.1. The molecule has 0 spiro atoms. The monoisotopic (exact) mass is 383 g/mol. The number of anilines is 1. The normalized spacial score (nSPS) is 19.6. The number of nitrogens with zero attached hydrogens (tertiary/aromatic N) is 2. The molecule has 0 bridgehead atoms. The number of nitriles is 1. The van der Waals surface area contributed by atoms with E-state index < -0.39 is 11.9 Å². The Balaban J connectivity index is 2.16. The van der Waals surface area contributed by atoms with Crippen LogP contribution in [-0.4, -0.2) is 35.5 Å². The number of carbonyl (C=O) groups excluding carboxylic acids is 2. The first-order chi connectivity index (χ1) is 13.5. The van der Waals surface area contributed by atoms with Crippen LogP contribution in [0.4, 0.5) is 5.69 Å². The molecule has 1 aliphatic heterocycles. The average molecular weight is 383 g/mol. The van der Waals surface area contributed by atoms with Crippen LogP contribution < -0.4 is 5.32 Å². The van der Waals surface area contributed by atoms with Crippen molar-refractivity contribution in [2.24, 2.45) is 0 Å². The van der Waals surface area contributed by atoms with Crippen LogP contribution in [-0.2, 0) is 9.53 Å². The first-order valence-electron chi connectivity index (χ1n) is 9.94. The average Bonchev–Trinajstić information content (AvgIpc) is 2.68. The summed E-state index contributed by atoms with van der Waals surface area (Å²) in [6.45, 7) is 6.55. The van der Waals surface area contributed by atoms with Crippen LogP contribution in [0, 0.1) is 11.3 Å². The van der Waals surface area contributed by atoms with Gasteiger partial charge in [-0.3, -0.25) is 4.79 Å².